The molecule has 0 saturated carbocycles. The molecule has 4 nitrogen and oxygen atoms in total. The van der Waals surface area contributed by atoms with Gasteiger partial charge in [-0.05, 0) is 47.2 Å². The van der Waals surface area contributed by atoms with Crippen molar-refractivity contribution in [1.29, 1.82) is 0 Å². The van der Waals surface area contributed by atoms with Crippen LogP contribution < -0.4 is 0 Å². The van der Waals surface area contributed by atoms with Gasteiger partial charge < -0.3 is 8.98 Å². The van der Waals surface area contributed by atoms with Crippen molar-refractivity contribution in [3.63, 3.8) is 0 Å². The number of nitrogens with zero attached hydrogens (tertiary/aromatic N) is 3. The van der Waals surface area contributed by atoms with Gasteiger partial charge in [-0.25, -0.2) is 9.97 Å². The van der Waals surface area contributed by atoms with E-state index in [4.69, 9.17) is 14.4 Å². The lowest BCUT2D eigenvalue weighted by Gasteiger charge is -2.11. The molecule has 10 rings (SSSR count). The molecule has 224 valence electrons. The number of furan rings is 1. The third kappa shape index (κ3) is 4.10. The molecule has 3 aromatic heterocycles. The van der Waals surface area contributed by atoms with E-state index >= 15 is 0 Å². The smallest absolute Gasteiger partial charge is 0.164 e. The maximum atomic E-state index is 6.91. The Morgan fingerprint density at radius 1 is 0.458 bits per heavy atom. The summed E-state index contributed by atoms with van der Waals surface area (Å²) >= 11 is 0. The van der Waals surface area contributed by atoms with Crippen LogP contribution in [0.5, 0.6) is 0 Å². The van der Waals surface area contributed by atoms with E-state index in [0.29, 0.717) is 5.82 Å². The minimum atomic E-state index is 0.632. The summed E-state index contributed by atoms with van der Waals surface area (Å²) < 4.78 is 9.24. The predicted octanol–water partition coefficient (Wildman–Crippen LogP) is 11.6. The van der Waals surface area contributed by atoms with Crippen molar-refractivity contribution in [1.82, 2.24) is 14.5 Å². The van der Waals surface area contributed by atoms with Crippen LogP contribution in [-0.4, -0.2) is 14.5 Å². The van der Waals surface area contributed by atoms with Gasteiger partial charge >= 0.3 is 0 Å². The Balaban J connectivity index is 1.26. The van der Waals surface area contributed by atoms with Gasteiger partial charge in [0.15, 0.2) is 5.82 Å². The molecule has 0 radical (unpaired) electrons. The van der Waals surface area contributed by atoms with Gasteiger partial charge in [0.05, 0.1) is 28.0 Å². The van der Waals surface area contributed by atoms with Crippen molar-refractivity contribution >= 4 is 54.5 Å². The highest BCUT2D eigenvalue weighted by atomic mass is 16.3. The number of hydrogen-bond acceptors (Lipinski definition) is 3. The SMILES string of the molecule is c1ccc(-c2cc(-c3ccccc3)nc(-c3cc4ccccc4c4c3oc3cc(-n5c6ccccc6c6ccccc65)ccc34)n2)cc1. The van der Waals surface area contributed by atoms with E-state index in [2.05, 4.69) is 132 Å². The number of benzene rings is 7. The van der Waals surface area contributed by atoms with Gasteiger partial charge in [-0.15, -0.1) is 0 Å². The van der Waals surface area contributed by atoms with Crippen molar-refractivity contribution in [3.05, 3.63) is 164 Å². The Morgan fingerprint density at radius 2 is 1.02 bits per heavy atom. The van der Waals surface area contributed by atoms with Crippen LogP contribution in [0.4, 0.5) is 0 Å². The standard InChI is InChI=1S/C44H27N3O/c1-3-13-28(14-4-1)37-27-38(29-15-5-2-6-16-29)46-44(45-37)36-25-30-17-7-8-18-32(30)42-35-24-23-31(26-41(35)48-43(36)42)47-39-21-11-9-19-33(39)34-20-10-12-22-40(34)47/h1-27H. The van der Waals surface area contributed by atoms with Crippen LogP contribution in [-0.2, 0) is 0 Å². The van der Waals surface area contributed by atoms with Gasteiger partial charge in [0, 0.05) is 44.4 Å². The van der Waals surface area contributed by atoms with Crippen LogP contribution in [0.3, 0.4) is 0 Å². The van der Waals surface area contributed by atoms with E-state index in [0.717, 1.165) is 66.5 Å². The van der Waals surface area contributed by atoms with Crippen molar-refractivity contribution < 1.29 is 4.42 Å². The summed E-state index contributed by atoms with van der Waals surface area (Å²) in [7, 11) is 0. The quantitative estimate of drug-likeness (QED) is 0.198. The number of para-hydroxylation sites is 2. The van der Waals surface area contributed by atoms with Gasteiger partial charge in [0.2, 0.25) is 0 Å². The Hall–Kier alpha value is -6.52. The van der Waals surface area contributed by atoms with E-state index < -0.39 is 0 Å². The van der Waals surface area contributed by atoms with Crippen molar-refractivity contribution in [3.8, 4) is 39.6 Å². The third-order valence-corrected chi connectivity index (χ3v) is 9.39. The maximum Gasteiger partial charge on any atom is 0.164 e. The zero-order valence-corrected chi connectivity index (χ0v) is 25.8. The molecule has 0 atom stereocenters. The average molecular weight is 614 g/mol. The van der Waals surface area contributed by atoms with E-state index in [1.807, 2.05) is 36.4 Å². The Morgan fingerprint density at radius 3 is 1.67 bits per heavy atom. The predicted molar refractivity (Wildman–Crippen MR) is 197 cm³/mol. The molecule has 4 heteroatoms. The van der Waals surface area contributed by atoms with Gasteiger partial charge in [-0.2, -0.15) is 0 Å². The molecule has 0 amide bonds. The zero-order chi connectivity index (χ0) is 31.6. The maximum absolute atomic E-state index is 6.91. The third-order valence-electron chi connectivity index (χ3n) is 9.39. The van der Waals surface area contributed by atoms with Gasteiger partial charge in [0.25, 0.3) is 0 Å². The molecule has 0 N–H and O–H groups in total. The van der Waals surface area contributed by atoms with E-state index in [9.17, 15) is 0 Å². The summed E-state index contributed by atoms with van der Waals surface area (Å²) in [5.41, 5.74) is 9.67. The lowest BCUT2D eigenvalue weighted by atomic mass is 9.99. The largest absolute Gasteiger partial charge is 0.455 e. The number of aromatic nitrogens is 3. The first kappa shape index (κ1) is 26.7. The summed E-state index contributed by atoms with van der Waals surface area (Å²) in [5, 5.41) is 6.86. The highest BCUT2D eigenvalue weighted by molar-refractivity contribution is 6.22. The molecule has 3 heterocycles. The first-order valence-electron chi connectivity index (χ1n) is 16.2. The second-order valence-corrected chi connectivity index (χ2v) is 12.2. The molecule has 48 heavy (non-hydrogen) atoms. The lowest BCUT2D eigenvalue weighted by molar-refractivity contribution is 0.669. The van der Waals surface area contributed by atoms with E-state index in [1.54, 1.807) is 0 Å². The fourth-order valence-electron chi connectivity index (χ4n) is 7.20. The van der Waals surface area contributed by atoms with Crippen LogP contribution in [0.2, 0.25) is 0 Å². The van der Waals surface area contributed by atoms with Crippen LogP contribution in [0.15, 0.2) is 168 Å². The van der Waals surface area contributed by atoms with Crippen molar-refractivity contribution in [2.24, 2.45) is 0 Å². The molecule has 0 fully saturated rings. The molecule has 0 spiro atoms. The van der Waals surface area contributed by atoms with E-state index in [1.165, 1.54) is 21.8 Å². The van der Waals surface area contributed by atoms with Crippen LogP contribution in [0.1, 0.15) is 0 Å². The average Bonchev–Trinajstić information content (AvgIpc) is 3.71. The fourth-order valence-corrected chi connectivity index (χ4v) is 7.20. The van der Waals surface area contributed by atoms with Crippen LogP contribution >= 0.6 is 0 Å². The normalized spacial score (nSPS) is 11.8. The van der Waals surface area contributed by atoms with Gasteiger partial charge in [-0.3, -0.25) is 0 Å². The summed E-state index contributed by atoms with van der Waals surface area (Å²) in [4.78, 5) is 10.4. The highest BCUT2D eigenvalue weighted by Gasteiger charge is 2.21. The molecule has 0 aliphatic heterocycles. The van der Waals surface area contributed by atoms with Crippen LogP contribution in [0.25, 0.3) is 94.1 Å². The molecule has 0 aliphatic carbocycles. The molecular weight excluding hydrogens is 587 g/mol. The number of rotatable bonds is 4. The Labute approximate surface area is 276 Å². The minimum Gasteiger partial charge on any atom is -0.455 e. The fraction of sp³-hybridized carbons (Fsp3) is 0. The summed E-state index contributed by atoms with van der Waals surface area (Å²) in [6.07, 6.45) is 0. The van der Waals surface area contributed by atoms with Crippen molar-refractivity contribution in [2.45, 2.75) is 0 Å². The van der Waals surface area contributed by atoms with Gasteiger partial charge in [0.1, 0.15) is 11.2 Å². The Bertz CT molecular complexity index is 2720. The lowest BCUT2D eigenvalue weighted by Crippen LogP contribution is -1.96. The highest BCUT2D eigenvalue weighted by Crippen LogP contribution is 2.42. The molecule has 0 saturated heterocycles. The molecule has 0 bridgehead atoms. The number of fused-ring (bicyclic) bond motifs is 8. The van der Waals surface area contributed by atoms with E-state index in [-0.39, 0.29) is 0 Å². The van der Waals surface area contributed by atoms with Gasteiger partial charge in [-0.1, -0.05) is 121 Å². The number of hydrogen-bond donors (Lipinski definition) is 0. The molecule has 10 aromatic rings. The van der Waals surface area contributed by atoms with Crippen molar-refractivity contribution in [2.75, 3.05) is 0 Å². The minimum absolute atomic E-state index is 0.632. The monoisotopic (exact) mass is 613 g/mol. The molecule has 0 aliphatic rings. The Kier molecular flexibility index (Phi) is 5.84. The molecule has 0 unspecified atom stereocenters. The van der Waals surface area contributed by atoms with Crippen LogP contribution in [0, 0.1) is 0 Å². The zero-order valence-electron chi connectivity index (χ0n) is 25.8. The first-order valence-corrected chi connectivity index (χ1v) is 16.2. The molecular formula is C44H27N3O. The first-order chi connectivity index (χ1) is 23.8. The second kappa shape index (κ2) is 10.5. The second-order valence-electron chi connectivity index (χ2n) is 12.2. The summed E-state index contributed by atoms with van der Waals surface area (Å²) in [5.74, 6) is 0.632. The summed E-state index contributed by atoms with van der Waals surface area (Å²) in [6, 6.07) is 57.1. The molecule has 7 aromatic carbocycles. The topological polar surface area (TPSA) is 43.9 Å². The summed E-state index contributed by atoms with van der Waals surface area (Å²) in [6.45, 7) is 0.